The Morgan fingerprint density at radius 1 is 1.15 bits per heavy atom. The quantitative estimate of drug-likeness (QED) is 0.825. The second-order valence-corrected chi connectivity index (χ2v) is 7.49. The van der Waals surface area contributed by atoms with Crippen LogP contribution < -0.4 is 5.32 Å². The third-order valence-corrected chi connectivity index (χ3v) is 5.04. The predicted molar refractivity (Wildman–Crippen MR) is 104 cm³/mol. The van der Waals surface area contributed by atoms with Crippen LogP contribution in [-0.4, -0.2) is 28.6 Å². The van der Waals surface area contributed by atoms with Gasteiger partial charge >= 0.3 is 5.97 Å². The highest BCUT2D eigenvalue weighted by Gasteiger charge is 2.21. The lowest BCUT2D eigenvalue weighted by Crippen LogP contribution is -2.31. The highest BCUT2D eigenvalue weighted by Crippen LogP contribution is 2.24. The first-order chi connectivity index (χ1) is 12.4. The minimum atomic E-state index is -0.824. The van der Waals surface area contributed by atoms with Gasteiger partial charge in [-0.25, -0.2) is 4.79 Å². The van der Waals surface area contributed by atoms with E-state index in [1.54, 1.807) is 6.07 Å². The van der Waals surface area contributed by atoms with E-state index >= 15 is 0 Å². The molecule has 2 N–H and O–H groups in total. The molecular formula is C22H28N2O2. The van der Waals surface area contributed by atoms with Crippen molar-refractivity contribution in [2.24, 2.45) is 0 Å². The fraction of sp³-hybridized carbons (Fsp3) is 0.409. The van der Waals surface area contributed by atoms with Crippen molar-refractivity contribution in [3.63, 3.8) is 0 Å². The first-order valence-corrected chi connectivity index (χ1v) is 9.35. The van der Waals surface area contributed by atoms with Crippen LogP contribution in [-0.2, 0) is 19.5 Å². The van der Waals surface area contributed by atoms with Gasteiger partial charge in [0.05, 0.1) is 5.56 Å². The van der Waals surface area contributed by atoms with Crippen LogP contribution in [0.5, 0.6) is 0 Å². The van der Waals surface area contributed by atoms with E-state index in [0.29, 0.717) is 17.6 Å². The number of carboxylic acid groups (broad SMARTS) is 1. The monoisotopic (exact) mass is 352 g/mol. The second-order valence-electron chi connectivity index (χ2n) is 7.49. The summed E-state index contributed by atoms with van der Waals surface area (Å²) >= 11 is 0. The summed E-state index contributed by atoms with van der Waals surface area (Å²) < 4.78 is 0. The number of carboxylic acids is 1. The molecule has 0 spiro atoms. The van der Waals surface area contributed by atoms with Crippen molar-refractivity contribution in [3.8, 4) is 0 Å². The zero-order chi connectivity index (χ0) is 18.7. The summed E-state index contributed by atoms with van der Waals surface area (Å²) in [4.78, 5) is 13.8. The standard InChI is InChI=1S/C22H28N2O2/c1-15(2)23-16(3)18-9-7-17(8-10-18)13-24-12-11-20-19(14-24)5-4-6-21(20)22(25)26/h4-10,15-16,23H,11-14H2,1-3H3,(H,25,26)/t16-/m0/s1. The average molecular weight is 352 g/mol. The molecule has 1 aliphatic rings. The topological polar surface area (TPSA) is 52.6 Å². The Balaban J connectivity index is 1.66. The summed E-state index contributed by atoms with van der Waals surface area (Å²) in [5.74, 6) is -0.824. The summed E-state index contributed by atoms with van der Waals surface area (Å²) in [6, 6.07) is 15.2. The number of carbonyl (C=O) groups is 1. The Morgan fingerprint density at radius 2 is 1.88 bits per heavy atom. The number of rotatable bonds is 6. The Labute approximate surface area is 155 Å². The number of hydrogen-bond acceptors (Lipinski definition) is 3. The molecule has 0 bridgehead atoms. The smallest absolute Gasteiger partial charge is 0.335 e. The average Bonchev–Trinajstić information content (AvgIpc) is 2.61. The van der Waals surface area contributed by atoms with Crippen LogP contribution in [0.25, 0.3) is 0 Å². The number of benzene rings is 2. The van der Waals surface area contributed by atoms with E-state index in [4.69, 9.17) is 0 Å². The van der Waals surface area contributed by atoms with E-state index in [9.17, 15) is 9.90 Å². The van der Waals surface area contributed by atoms with Crippen molar-refractivity contribution in [1.29, 1.82) is 0 Å². The SMILES string of the molecule is CC(C)N[C@@H](C)c1ccc(CN2CCc3c(cccc3C(=O)O)C2)cc1. The molecule has 0 amide bonds. The van der Waals surface area contributed by atoms with Gasteiger partial charge in [0.2, 0.25) is 0 Å². The lowest BCUT2D eigenvalue weighted by Gasteiger charge is -2.29. The largest absolute Gasteiger partial charge is 0.478 e. The zero-order valence-electron chi connectivity index (χ0n) is 15.8. The van der Waals surface area contributed by atoms with Gasteiger partial charge in [0.1, 0.15) is 0 Å². The third-order valence-electron chi connectivity index (χ3n) is 5.04. The van der Waals surface area contributed by atoms with Gasteiger partial charge in [-0.05, 0) is 41.7 Å². The Kier molecular flexibility index (Phi) is 5.74. The van der Waals surface area contributed by atoms with E-state index < -0.39 is 5.97 Å². The van der Waals surface area contributed by atoms with Gasteiger partial charge in [-0.3, -0.25) is 4.90 Å². The normalized spacial score (nSPS) is 15.7. The fourth-order valence-electron chi connectivity index (χ4n) is 3.77. The molecule has 0 aliphatic carbocycles. The molecule has 0 unspecified atom stereocenters. The van der Waals surface area contributed by atoms with Crippen molar-refractivity contribution in [2.75, 3.05) is 6.54 Å². The second kappa shape index (κ2) is 8.02. The molecule has 0 aromatic heterocycles. The molecule has 0 radical (unpaired) electrons. The van der Waals surface area contributed by atoms with Crippen LogP contribution in [0.1, 0.15) is 59.4 Å². The van der Waals surface area contributed by atoms with Gasteiger partial charge in [0, 0.05) is 31.7 Å². The molecule has 138 valence electrons. The van der Waals surface area contributed by atoms with Crippen LogP contribution in [0, 0.1) is 0 Å². The Morgan fingerprint density at radius 3 is 2.54 bits per heavy atom. The van der Waals surface area contributed by atoms with E-state index in [1.165, 1.54) is 11.1 Å². The molecule has 4 heteroatoms. The highest BCUT2D eigenvalue weighted by molar-refractivity contribution is 5.89. The molecule has 1 aliphatic heterocycles. The first-order valence-electron chi connectivity index (χ1n) is 9.35. The van der Waals surface area contributed by atoms with Crippen molar-refractivity contribution < 1.29 is 9.90 Å². The molecule has 1 atom stereocenters. The van der Waals surface area contributed by atoms with Crippen LogP contribution in [0.2, 0.25) is 0 Å². The molecule has 0 saturated heterocycles. The van der Waals surface area contributed by atoms with Crippen molar-refractivity contribution in [3.05, 3.63) is 70.3 Å². The maximum absolute atomic E-state index is 11.4. The van der Waals surface area contributed by atoms with E-state index in [-0.39, 0.29) is 0 Å². The number of nitrogens with zero attached hydrogens (tertiary/aromatic N) is 1. The molecule has 2 aromatic rings. The number of hydrogen-bond donors (Lipinski definition) is 2. The molecule has 0 saturated carbocycles. The summed E-state index contributed by atoms with van der Waals surface area (Å²) in [5, 5.41) is 12.9. The molecule has 2 aromatic carbocycles. The van der Waals surface area contributed by atoms with Crippen molar-refractivity contribution >= 4 is 5.97 Å². The molecule has 0 fully saturated rings. The zero-order valence-corrected chi connectivity index (χ0v) is 15.8. The minimum absolute atomic E-state index is 0.348. The van der Waals surface area contributed by atoms with E-state index in [2.05, 4.69) is 61.3 Å². The fourth-order valence-corrected chi connectivity index (χ4v) is 3.77. The summed E-state index contributed by atoms with van der Waals surface area (Å²) in [6.45, 7) is 9.11. The van der Waals surface area contributed by atoms with E-state index in [0.717, 1.165) is 37.2 Å². The molecule has 1 heterocycles. The van der Waals surface area contributed by atoms with Crippen molar-refractivity contribution in [1.82, 2.24) is 10.2 Å². The minimum Gasteiger partial charge on any atom is -0.478 e. The van der Waals surface area contributed by atoms with Crippen molar-refractivity contribution in [2.45, 2.75) is 52.4 Å². The van der Waals surface area contributed by atoms with Gasteiger partial charge in [-0.15, -0.1) is 0 Å². The van der Waals surface area contributed by atoms with Crippen LogP contribution in [0.4, 0.5) is 0 Å². The maximum Gasteiger partial charge on any atom is 0.335 e. The van der Waals surface area contributed by atoms with Gasteiger partial charge in [-0.2, -0.15) is 0 Å². The van der Waals surface area contributed by atoms with Gasteiger partial charge in [0.25, 0.3) is 0 Å². The summed E-state index contributed by atoms with van der Waals surface area (Å²) in [5.41, 5.74) is 5.20. The lowest BCUT2D eigenvalue weighted by molar-refractivity contribution is 0.0694. The summed E-state index contributed by atoms with van der Waals surface area (Å²) in [6.07, 6.45) is 0.797. The number of aromatic carboxylic acids is 1. The highest BCUT2D eigenvalue weighted by atomic mass is 16.4. The lowest BCUT2D eigenvalue weighted by atomic mass is 9.94. The van der Waals surface area contributed by atoms with Gasteiger partial charge in [0.15, 0.2) is 0 Å². The van der Waals surface area contributed by atoms with E-state index in [1.807, 2.05) is 6.07 Å². The number of nitrogens with one attached hydrogen (secondary N) is 1. The Bertz CT molecular complexity index is 768. The third kappa shape index (κ3) is 4.32. The van der Waals surface area contributed by atoms with Gasteiger partial charge in [-0.1, -0.05) is 50.2 Å². The maximum atomic E-state index is 11.4. The predicted octanol–water partition coefficient (Wildman–Crippen LogP) is 4.00. The molecule has 3 rings (SSSR count). The number of fused-ring (bicyclic) bond motifs is 1. The van der Waals surface area contributed by atoms with Crippen LogP contribution in [0.15, 0.2) is 42.5 Å². The molecule has 26 heavy (non-hydrogen) atoms. The molecule has 4 nitrogen and oxygen atoms in total. The molecular weight excluding hydrogens is 324 g/mol. The van der Waals surface area contributed by atoms with Crippen LogP contribution >= 0.6 is 0 Å². The Hall–Kier alpha value is -2.17. The van der Waals surface area contributed by atoms with Crippen LogP contribution in [0.3, 0.4) is 0 Å². The first kappa shape index (κ1) is 18.6. The van der Waals surface area contributed by atoms with Gasteiger partial charge < -0.3 is 10.4 Å². The summed E-state index contributed by atoms with van der Waals surface area (Å²) in [7, 11) is 0.